The minimum Gasteiger partial charge on any atom is -0.491 e. The predicted molar refractivity (Wildman–Crippen MR) is 212 cm³/mol. The Bertz CT molecular complexity index is 2310. The van der Waals surface area contributed by atoms with Crippen molar-refractivity contribution in [3.63, 3.8) is 0 Å². The van der Waals surface area contributed by atoms with E-state index in [1.807, 2.05) is 42.5 Å². The second-order valence-electron chi connectivity index (χ2n) is 8.50. The Morgan fingerprint density at radius 3 is 1.06 bits per heavy atom. The van der Waals surface area contributed by atoms with Gasteiger partial charge in [0.05, 0.1) is 19.8 Å². The van der Waals surface area contributed by atoms with Crippen LogP contribution in [0.2, 0.25) is 0 Å². The Labute approximate surface area is 326 Å². The first-order chi connectivity index (χ1) is 26.1. The summed E-state index contributed by atoms with van der Waals surface area (Å²) in [5.74, 6) is 1.66. The Morgan fingerprint density at radius 2 is 0.778 bits per heavy atom. The van der Waals surface area contributed by atoms with Crippen molar-refractivity contribution in [1.29, 1.82) is 0 Å². The topological polar surface area (TPSA) is 57.2 Å². The van der Waals surface area contributed by atoms with Crippen LogP contribution in [0.15, 0.2) is 205 Å². The average Bonchev–Trinajstić information content (AvgIpc) is 3.19. The molecule has 2 rings (SSSR count). The first-order valence-corrected chi connectivity index (χ1v) is 16.1. The van der Waals surface area contributed by atoms with E-state index in [1.54, 1.807) is 14.2 Å². The molecule has 1 N–H and O–H groups in total. The Kier molecular flexibility index (Phi) is 36.2. The van der Waals surface area contributed by atoms with Crippen LogP contribution in [0.4, 0.5) is 0 Å². The molecule has 5 nitrogen and oxygen atoms in total. The molecule has 0 aliphatic carbocycles. The van der Waals surface area contributed by atoms with E-state index in [0.29, 0.717) is 26.4 Å². The minimum atomic E-state index is 0. The van der Waals surface area contributed by atoms with E-state index in [1.165, 1.54) is 5.56 Å². The van der Waals surface area contributed by atoms with Crippen LogP contribution in [0.5, 0.6) is 11.5 Å². The summed E-state index contributed by atoms with van der Waals surface area (Å²) in [6, 6.07) is 15.4. The van der Waals surface area contributed by atoms with Gasteiger partial charge in [-0.05, 0) is 140 Å². The lowest BCUT2D eigenvalue weighted by Crippen LogP contribution is -2.04. The van der Waals surface area contributed by atoms with Crippen molar-refractivity contribution in [3.8, 4) is 11.5 Å². The number of rotatable bonds is 10. The van der Waals surface area contributed by atoms with E-state index in [9.17, 15) is 0 Å². The number of alkyl halides is 1. The summed E-state index contributed by atoms with van der Waals surface area (Å²) in [7, 11) is 3.30. The van der Waals surface area contributed by atoms with E-state index in [-0.39, 0.29) is 14.0 Å². The maximum Gasteiger partial charge on any atom is 0.119 e. The number of methoxy groups -OCH3 is 2. The predicted octanol–water partition coefficient (Wildman–Crippen LogP) is 9.13. The van der Waals surface area contributed by atoms with Gasteiger partial charge in [-0.15, -0.1) is 0 Å². The van der Waals surface area contributed by atoms with Gasteiger partial charge in [0, 0.05) is 59.7 Å². The standard InChI is InChI=1S/C27H4.C10H13BrO2.C10H14O3.CH4/c1-3-5-7-9-11-13-15-17-19-21-23-25-27-26-24-22-20-18-16-14-12-10-8-6-4-2;2*1-12-5-6-13-10-4-2-3-9(7-10)8-11;/h1-2H2;2-4,7H,5-6,8H2,1H3;2-4,7,11H,5-6,8H2,1H3;1H4. The van der Waals surface area contributed by atoms with Crippen LogP contribution in [0, 0.1) is 0 Å². The quantitative estimate of drug-likeness (QED) is 0.149. The molecule has 0 bridgehead atoms. The molecular formula is C48H35BrO5. The highest BCUT2D eigenvalue weighted by Crippen LogP contribution is 2.15. The average molecular weight is 772 g/mol. The first-order valence-electron chi connectivity index (χ1n) is 15.0. The zero-order chi connectivity index (χ0) is 38.7. The molecule has 0 fully saturated rings. The lowest BCUT2D eigenvalue weighted by atomic mass is 10.2. The SMILES string of the molecule is C.C=C=C=C=C=C=C=C=C=C=C=C=C=C=C=C=C=C=C=C=C=C=C=C=C=C=C.COCCOc1cccc(CBr)c1.COCCOc1cccc(CO)c1. The van der Waals surface area contributed by atoms with Crippen LogP contribution in [-0.4, -0.2) is 45.8 Å². The fraction of sp³-hybridized carbons (Fsp3) is 0.188. The van der Waals surface area contributed by atoms with E-state index < -0.39 is 0 Å². The van der Waals surface area contributed by atoms with Gasteiger partial charge in [0.25, 0.3) is 0 Å². The second kappa shape index (κ2) is 40.1. The zero-order valence-electron chi connectivity index (χ0n) is 29.2. The van der Waals surface area contributed by atoms with Crippen molar-refractivity contribution in [2.75, 3.05) is 40.6 Å². The summed E-state index contributed by atoms with van der Waals surface area (Å²) in [4.78, 5) is 0. The van der Waals surface area contributed by atoms with E-state index in [2.05, 4.69) is 178 Å². The summed E-state index contributed by atoms with van der Waals surface area (Å²) >= 11 is 3.39. The van der Waals surface area contributed by atoms with Gasteiger partial charge in [-0.25, -0.2) is 0 Å². The van der Waals surface area contributed by atoms with Crippen LogP contribution < -0.4 is 9.47 Å². The van der Waals surface area contributed by atoms with Crippen molar-refractivity contribution in [2.24, 2.45) is 0 Å². The molecule has 0 atom stereocenters. The molecule has 0 spiro atoms. The molecular weight excluding hydrogens is 736 g/mol. The summed E-state index contributed by atoms with van der Waals surface area (Å²) in [6.07, 6.45) is 0. The molecule has 0 aliphatic heterocycles. The van der Waals surface area contributed by atoms with Crippen molar-refractivity contribution in [1.82, 2.24) is 0 Å². The van der Waals surface area contributed by atoms with Crippen LogP contribution in [0.25, 0.3) is 0 Å². The van der Waals surface area contributed by atoms with E-state index >= 15 is 0 Å². The third-order valence-electron chi connectivity index (χ3n) is 4.80. The van der Waals surface area contributed by atoms with Gasteiger partial charge in [0.15, 0.2) is 0 Å². The third-order valence-corrected chi connectivity index (χ3v) is 5.45. The smallest absolute Gasteiger partial charge is 0.119 e. The van der Waals surface area contributed by atoms with Crippen LogP contribution in [-0.2, 0) is 21.4 Å². The van der Waals surface area contributed by atoms with Gasteiger partial charge >= 0.3 is 0 Å². The number of ether oxygens (including phenoxy) is 4. The monoisotopic (exact) mass is 770 g/mol. The fourth-order valence-corrected chi connectivity index (χ4v) is 3.03. The summed E-state index contributed by atoms with van der Waals surface area (Å²) in [5, 5.41) is 9.71. The number of benzene rings is 2. The van der Waals surface area contributed by atoms with Crippen molar-refractivity contribution in [3.05, 3.63) is 216 Å². The van der Waals surface area contributed by atoms with Gasteiger partial charge in [-0.2, -0.15) is 0 Å². The molecule has 0 aromatic heterocycles. The van der Waals surface area contributed by atoms with E-state index in [4.69, 9.17) is 24.1 Å². The molecule has 0 radical (unpaired) electrons. The van der Waals surface area contributed by atoms with Crippen LogP contribution >= 0.6 is 15.9 Å². The molecule has 0 saturated carbocycles. The molecule has 264 valence electrons. The highest BCUT2D eigenvalue weighted by Gasteiger charge is 1.96. The Morgan fingerprint density at radius 1 is 0.481 bits per heavy atom. The lowest BCUT2D eigenvalue weighted by Gasteiger charge is -2.05. The molecule has 0 amide bonds. The number of aliphatic hydroxyl groups is 1. The van der Waals surface area contributed by atoms with Gasteiger partial charge in [-0.1, -0.05) is 59.1 Å². The normalized spacial score (nSPS) is 6.74. The first kappa shape index (κ1) is 48.8. The minimum absolute atomic E-state index is 0. The third kappa shape index (κ3) is 33.2. The number of halogens is 1. The molecule has 54 heavy (non-hydrogen) atoms. The van der Waals surface area contributed by atoms with Crippen LogP contribution in [0.1, 0.15) is 18.6 Å². The highest BCUT2D eigenvalue weighted by molar-refractivity contribution is 9.08. The van der Waals surface area contributed by atoms with Gasteiger partial charge < -0.3 is 24.1 Å². The van der Waals surface area contributed by atoms with E-state index in [0.717, 1.165) is 22.4 Å². The molecule has 0 aliphatic rings. The lowest BCUT2D eigenvalue weighted by molar-refractivity contribution is 0.146. The zero-order valence-corrected chi connectivity index (χ0v) is 30.8. The molecule has 6 heteroatoms. The summed E-state index contributed by atoms with van der Waals surface area (Å²) < 4.78 is 20.5. The maximum absolute atomic E-state index is 8.85. The highest BCUT2D eigenvalue weighted by atomic mass is 79.9. The molecule has 2 aromatic carbocycles. The molecule has 0 saturated heterocycles. The number of aliphatic hydroxyl groups excluding tert-OH is 1. The summed E-state index contributed by atoms with van der Waals surface area (Å²) in [5.41, 5.74) is 64.0. The Balaban J connectivity index is 0. The van der Waals surface area contributed by atoms with Gasteiger partial charge in [0.1, 0.15) is 24.7 Å². The number of hydrogen-bond donors (Lipinski definition) is 1. The van der Waals surface area contributed by atoms with Crippen LogP contribution in [0.3, 0.4) is 0 Å². The number of hydrogen-bond acceptors (Lipinski definition) is 5. The van der Waals surface area contributed by atoms with Crippen molar-refractivity contribution < 1.29 is 24.1 Å². The van der Waals surface area contributed by atoms with Gasteiger partial charge in [-0.3, -0.25) is 0 Å². The summed E-state index contributed by atoms with van der Waals surface area (Å²) in [6.45, 7) is 8.98. The maximum atomic E-state index is 8.85. The van der Waals surface area contributed by atoms with Crippen molar-refractivity contribution in [2.45, 2.75) is 19.4 Å². The Hall–Kier alpha value is -7.36. The largest absolute Gasteiger partial charge is 0.491 e. The molecule has 0 heterocycles. The van der Waals surface area contributed by atoms with Crippen molar-refractivity contribution >= 4 is 15.9 Å². The van der Waals surface area contributed by atoms with Gasteiger partial charge in [0.2, 0.25) is 0 Å². The fourth-order valence-electron chi connectivity index (χ4n) is 2.68. The molecule has 2 aromatic rings. The second-order valence-corrected chi connectivity index (χ2v) is 9.06. The molecule has 0 unspecified atom stereocenters.